The van der Waals surface area contributed by atoms with Crippen LogP contribution in [0.3, 0.4) is 0 Å². The molecule has 0 unspecified atom stereocenters. The molecule has 1 aliphatic heterocycles. The zero-order chi connectivity index (χ0) is 16.2. The van der Waals surface area contributed by atoms with Crippen LogP contribution in [0.1, 0.15) is 5.69 Å². The Morgan fingerprint density at radius 3 is 2.96 bits per heavy atom. The van der Waals surface area contributed by atoms with Crippen LogP contribution < -0.4 is 0 Å². The van der Waals surface area contributed by atoms with E-state index in [1.807, 2.05) is 41.2 Å². The molecule has 24 heavy (non-hydrogen) atoms. The lowest BCUT2D eigenvalue weighted by Gasteiger charge is -2.32. The van der Waals surface area contributed by atoms with E-state index in [1.54, 1.807) is 17.3 Å². The lowest BCUT2D eigenvalue weighted by molar-refractivity contribution is -0.0406. The van der Waals surface area contributed by atoms with Crippen LogP contribution in [0.4, 0.5) is 0 Å². The van der Waals surface area contributed by atoms with Gasteiger partial charge in [-0.15, -0.1) is 5.10 Å². The van der Waals surface area contributed by atoms with Gasteiger partial charge in [-0.25, -0.2) is 9.67 Å². The van der Waals surface area contributed by atoms with E-state index >= 15 is 0 Å². The number of para-hydroxylation sites is 1. The second-order valence-corrected chi connectivity index (χ2v) is 5.84. The van der Waals surface area contributed by atoms with Gasteiger partial charge in [0, 0.05) is 19.6 Å². The van der Waals surface area contributed by atoms with Crippen LogP contribution in [0, 0.1) is 0 Å². The van der Waals surface area contributed by atoms with Gasteiger partial charge in [0.15, 0.2) is 0 Å². The molecule has 1 atom stereocenters. The van der Waals surface area contributed by atoms with Crippen molar-refractivity contribution in [2.75, 3.05) is 19.7 Å². The number of hydrogen-bond acceptors (Lipinski definition) is 6. The molecule has 3 aromatic rings. The van der Waals surface area contributed by atoms with Gasteiger partial charge in [0.05, 0.1) is 36.8 Å². The van der Waals surface area contributed by atoms with E-state index in [4.69, 9.17) is 4.74 Å². The Balaban J connectivity index is 1.37. The fourth-order valence-corrected chi connectivity index (χ4v) is 2.88. The number of benzene rings is 1. The normalized spacial score (nSPS) is 18.8. The van der Waals surface area contributed by atoms with Crippen LogP contribution in [0.5, 0.6) is 0 Å². The van der Waals surface area contributed by atoms with Crippen molar-refractivity contribution >= 4 is 0 Å². The topological polar surface area (TPSA) is 73.9 Å². The molecule has 1 fully saturated rings. The Morgan fingerprint density at radius 2 is 2.12 bits per heavy atom. The second kappa shape index (κ2) is 6.90. The maximum absolute atomic E-state index is 5.82. The summed E-state index contributed by atoms with van der Waals surface area (Å²) >= 11 is 0. The van der Waals surface area contributed by atoms with Crippen molar-refractivity contribution in [3.63, 3.8) is 0 Å². The first-order valence-electron chi connectivity index (χ1n) is 8.00. The van der Waals surface area contributed by atoms with Gasteiger partial charge in [-0.2, -0.15) is 5.10 Å². The fourth-order valence-electron chi connectivity index (χ4n) is 2.88. The molecular formula is C16H19N7O. The first-order chi connectivity index (χ1) is 11.9. The molecule has 2 aromatic heterocycles. The SMILES string of the molecule is c1ccc(-n2cc(CN3CCO[C@H](Cn4cncn4)C3)nn2)cc1. The van der Waals surface area contributed by atoms with Crippen molar-refractivity contribution in [1.82, 2.24) is 34.7 Å². The first-order valence-corrected chi connectivity index (χ1v) is 8.00. The zero-order valence-corrected chi connectivity index (χ0v) is 13.3. The minimum atomic E-state index is 0.115. The van der Waals surface area contributed by atoms with Crippen LogP contribution in [0.2, 0.25) is 0 Å². The highest BCUT2D eigenvalue weighted by atomic mass is 16.5. The molecule has 3 heterocycles. The molecule has 124 valence electrons. The monoisotopic (exact) mass is 325 g/mol. The van der Waals surface area contributed by atoms with E-state index in [0.717, 1.165) is 31.0 Å². The molecule has 0 aliphatic carbocycles. The highest BCUT2D eigenvalue weighted by molar-refractivity contribution is 5.29. The Morgan fingerprint density at radius 1 is 1.21 bits per heavy atom. The summed E-state index contributed by atoms with van der Waals surface area (Å²) in [6, 6.07) is 10.0. The van der Waals surface area contributed by atoms with Crippen molar-refractivity contribution in [2.24, 2.45) is 0 Å². The predicted molar refractivity (Wildman–Crippen MR) is 86.4 cm³/mol. The Hall–Kier alpha value is -2.58. The van der Waals surface area contributed by atoms with Gasteiger partial charge in [-0.05, 0) is 12.1 Å². The van der Waals surface area contributed by atoms with E-state index < -0.39 is 0 Å². The van der Waals surface area contributed by atoms with E-state index in [1.165, 1.54) is 0 Å². The molecule has 0 spiro atoms. The van der Waals surface area contributed by atoms with Crippen LogP contribution >= 0.6 is 0 Å². The average Bonchev–Trinajstić information content (AvgIpc) is 3.28. The Bertz CT molecular complexity index is 756. The third kappa shape index (κ3) is 3.50. The van der Waals surface area contributed by atoms with Crippen molar-refractivity contribution in [3.8, 4) is 5.69 Å². The molecule has 0 saturated carbocycles. The number of rotatable bonds is 5. The predicted octanol–water partition coefficient (Wildman–Crippen LogP) is 0.760. The summed E-state index contributed by atoms with van der Waals surface area (Å²) in [5.41, 5.74) is 1.97. The highest BCUT2D eigenvalue weighted by Crippen LogP contribution is 2.12. The van der Waals surface area contributed by atoms with Crippen molar-refractivity contribution in [2.45, 2.75) is 19.2 Å². The minimum absolute atomic E-state index is 0.115. The van der Waals surface area contributed by atoms with Gasteiger partial charge in [-0.3, -0.25) is 9.58 Å². The molecule has 0 bridgehead atoms. The Labute approximate surface area is 139 Å². The quantitative estimate of drug-likeness (QED) is 0.689. The lowest BCUT2D eigenvalue weighted by Crippen LogP contribution is -2.43. The van der Waals surface area contributed by atoms with Crippen LogP contribution in [-0.4, -0.2) is 60.5 Å². The third-order valence-electron chi connectivity index (χ3n) is 4.03. The smallest absolute Gasteiger partial charge is 0.137 e. The maximum Gasteiger partial charge on any atom is 0.137 e. The second-order valence-electron chi connectivity index (χ2n) is 5.84. The number of nitrogens with zero attached hydrogens (tertiary/aromatic N) is 7. The van der Waals surface area contributed by atoms with E-state index in [0.29, 0.717) is 13.2 Å². The summed E-state index contributed by atoms with van der Waals surface area (Å²) in [6.07, 6.45) is 5.36. The molecule has 1 aromatic carbocycles. The third-order valence-corrected chi connectivity index (χ3v) is 4.03. The summed E-state index contributed by atoms with van der Waals surface area (Å²) in [7, 11) is 0. The number of aromatic nitrogens is 6. The molecule has 0 N–H and O–H groups in total. The summed E-state index contributed by atoms with van der Waals surface area (Å²) in [6.45, 7) is 3.94. The van der Waals surface area contributed by atoms with Gasteiger partial charge in [0.1, 0.15) is 12.7 Å². The minimum Gasteiger partial charge on any atom is -0.374 e. The zero-order valence-electron chi connectivity index (χ0n) is 13.3. The van der Waals surface area contributed by atoms with Gasteiger partial charge >= 0.3 is 0 Å². The number of morpholine rings is 1. The maximum atomic E-state index is 5.82. The number of hydrogen-bond donors (Lipinski definition) is 0. The molecule has 0 radical (unpaired) electrons. The molecule has 1 aliphatic rings. The van der Waals surface area contributed by atoms with Crippen molar-refractivity contribution in [1.29, 1.82) is 0 Å². The molecule has 8 heteroatoms. The summed E-state index contributed by atoms with van der Waals surface area (Å²) in [5, 5.41) is 12.6. The van der Waals surface area contributed by atoms with Gasteiger partial charge in [0.25, 0.3) is 0 Å². The first kappa shape index (κ1) is 15.0. The largest absolute Gasteiger partial charge is 0.374 e. The summed E-state index contributed by atoms with van der Waals surface area (Å²) in [4.78, 5) is 6.31. The Kier molecular flexibility index (Phi) is 4.30. The average molecular weight is 325 g/mol. The van der Waals surface area contributed by atoms with Crippen molar-refractivity contribution < 1.29 is 4.74 Å². The summed E-state index contributed by atoms with van der Waals surface area (Å²) < 4.78 is 9.44. The van der Waals surface area contributed by atoms with E-state index in [2.05, 4.69) is 25.3 Å². The molecule has 8 nitrogen and oxygen atoms in total. The van der Waals surface area contributed by atoms with Crippen molar-refractivity contribution in [3.05, 3.63) is 54.9 Å². The van der Waals surface area contributed by atoms with Gasteiger partial charge in [-0.1, -0.05) is 23.4 Å². The van der Waals surface area contributed by atoms with E-state index in [9.17, 15) is 0 Å². The molecular weight excluding hydrogens is 306 g/mol. The lowest BCUT2D eigenvalue weighted by atomic mass is 10.2. The molecule has 4 rings (SSSR count). The highest BCUT2D eigenvalue weighted by Gasteiger charge is 2.22. The fraction of sp³-hybridized carbons (Fsp3) is 0.375. The van der Waals surface area contributed by atoms with Gasteiger partial charge < -0.3 is 4.74 Å². The number of ether oxygens (including phenoxy) is 1. The molecule has 1 saturated heterocycles. The van der Waals surface area contributed by atoms with Gasteiger partial charge in [0.2, 0.25) is 0 Å². The van der Waals surface area contributed by atoms with E-state index in [-0.39, 0.29) is 6.10 Å². The van der Waals surface area contributed by atoms with Crippen LogP contribution in [-0.2, 0) is 17.8 Å². The standard InChI is InChI=1S/C16H19N7O/c1-2-4-15(5-3-1)23-9-14(19-20-23)8-21-6-7-24-16(10-21)11-22-13-17-12-18-22/h1-5,9,12-13,16H,6-8,10-11H2/t16-/m0/s1. The summed E-state index contributed by atoms with van der Waals surface area (Å²) in [5.74, 6) is 0. The van der Waals surface area contributed by atoms with Crippen LogP contribution in [0.15, 0.2) is 49.2 Å². The molecule has 0 amide bonds. The van der Waals surface area contributed by atoms with Crippen LogP contribution in [0.25, 0.3) is 5.69 Å².